The van der Waals surface area contributed by atoms with Crippen LogP contribution in [-0.4, -0.2) is 33.3 Å². The second-order valence-corrected chi connectivity index (χ2v) is 7.34. The van der Waals surface area contributed by atoms with Gasteiger partial charge in [0.1, 0.15) is 5.65 Å². The molecule has 0 radical (unpaired) electrons. The summed E-state index contributed by atoms with van der Waals surface area (Å²) in [5.74, 6) is 0.878. The number of amides is 1. The summed E-state index contributed by atoms with van der Waals surface area (Å²) in [7, 11) is 0. The Kier molecular flexibility index (Phi) is 4.74. The van der Waals surface area contributed by atoms with E-state index in [9.17, 15) is 4.79 Å². The number of imidazole rings is 1. The zero-order valence-electron chi connectivity index (χ0n) is 15.3. The molecule has 1 saturated heterocycles. The minimum Gasteiger partial charge on any atom is -0.342 e. The van der Waals surface area contributed by atoms with Crippen molar-refractivity contribution in [2.45, 2.75) is 32.6 Å². The van der Waals surface area contributed by atoms with Crippen molar-refractivity contribution >= 4 is 11.6 Å². The van der Waals surface area contributed by atoms with Gasteiger partial charge in [-0.2, -0.15) is 0 Å². The molecule has 1 aromatic carbocycles. The lowest BCUT2D eigenvalue weighted by Gasteiger charge is -2.32. The smallest absolute Gasteiger partial charge is 0.228 e. The molecule has 3 aromatic rings. The van der Waals surface area contributed by atoms with Gasteiger partial charge >= 0.3 is 0 Å². The molecule has 1 fully saturated rings. The highest BCUT2D eigenvalue weighted by molar-refractivity contribution is 5.78. The fourth-order valence-electron chi connectivity index (χ4n) is 3.89. The van der Waals surface area contributed by atoms with Gasteiger partial charge in [0, 0.05) is 25.5 Å². The van der Waals surface area contributed by atoms with Crippen molar-refractivity contribution in [1.82, 2.24) is 14.3 Å². The van der Waals surface area contributed by atoms with Crippen molar-refractivity contribution in [2.75, 3.05) is 13.1 Å². The number of carbonyl (C=O) groups is 1. The van der Waals surface area contributed by atoms with Crippen LogP contribution in [0.2, 0.25) is 0 Å². The number of rotatable bonds is 4. The summed E-state index contributed by atoms with van der Waals surface area (Å²) >= 11 is 0. The molecule has 4 heteroatoms. The quantitative estimate of drug-likeness (QED) is 0.722. The third kappa shape index (κ3) is 3.64. The van der Waals surface area contributed by atoms with E-state index in [2.05, 4.69) is 35.3 Å². The first-order valence-electron chi connectivity index (χ1n) is 9.44. The average Bonchev–Trinajstić information content (AvgIpc) is 3.07. The van der Waals surface area contributed by atoms with Crippen molar-refractivity contribution < 1.29 is 4.79 Å². The molecule has 2 aromatic heterocycles. The molecule has 0 N–H and O–H groups in total. The molecule has 4 rings (SSSR count). The molecule has 1 aliphatic rings. The molecule has 0 unspecified atom stereocenters. The van der Waals surface area contributed by atoms with Crippen molar-refractivity contribution in [1.29, 1.82) is 0 Å². The average molecular weight is 347 g/mol. The molecule has 0 atom stereocenters. The normalized spacial score (nSPS) is 15.5. The van der Waals surface area contributed by atoms with Crippen LogP contribution in [0.3, 0.4) is 0 Å². The van der Waals surface area contributed by atoms with Gasteiger partial charge in [-0.1, -0.05) is 36.4 Å². The topological polar surface area (TPSA) is 37.6 Å². The number of hydrogen-bond acceptors (Lipinski definition) is 2. The van der Waals surface area contributed by atoms with E-state index in [-0.39, 0.29) is 5.91 Å². The van der Waals surface area contributed by atoms with E-state index in [0.29, 0.717) is 12.3 Å². The molecular formula is C22H25N3O. The summed E-state index contributed by atoms with van der Waals surface area (Å²) in [5.41, 5.74) is 4.33. The number of aromatic nitrogens is 2. The fraction of sp³-hybridized carbons (Fsp3) is 0.364. The van der Waals surface area contributed by atoms with Crippen LogP contribution < -0.4 is 0 Å². The van der Waals surface area contributed by atoms with E-state index in [1.165, 1.54) is 5.56 Å². The van der Waals surface area contributed by atoms with Gasteiger partial charge in [-0.05, 0) is 49.3 Å². The molecule has 26 heavy (non-hydrogen) atoms. The van der Waals surface area contributed by atoms with Crippen molar-refractivity contribution in [3.8, 4) is 0 Å². The molecule has 4 nitrogen and oxygen atoms in total. The lowest BCUT2D eigenvalue weighted by Crippen LogP contribution is -2.39. The SMILES string of the molecule is Cc1cccn2cc(CC(=O)N3CCC(Cc4ccccc4)CC3)nc12. The van der Waals surface area contributed by atoms with Crippen molar-refractivity contribution in [3.05, 3.63) is 71.7 Å². The zero-order chi connectivity index (χ0) is 17.9. The van der Waals surface area contributed by atoms with Crippen LogP contribution in [0.15, 0.2) is 54.9 Å². The summed E-state index contributed by atoms with van der Waals surface area (Å²) in [4.78, 5) is 19.3. The molecule has 134 valence electrons. The summed E-state index contributed by atoms with van der Waals surface area (Å²) in [6.07, 6.45) is 7.65. The Hall–Kier alpha value is -2.62. The molecule has 0 saturated carbocycles. The van der Waals surface area contributed by atoms with Gasteiger partial charge < -0.3 is 9.30 Å². The molecule has 0 bridgehead atoms. The number of pyridine rings is 1. The van der Waals surface area contributed by atoms with Crippen LogP contribution in [-0.2, 0) is 17.6 Å². The second-order valence-electron chi connectivity index (χ2n) is 7.34. The van der Waals surface area contributed by atoms with Gasteiger partial charge in [0.2, 0.25) is 5.91 Å². The Balaban J connectivity index is 1.33. The largest absolute Gasteiger partial charge is 0.342 e. The number of nitrogens with zero attached hydrogens (tertiary/aromatic N) is 3. The third-order valence-electron chi connectivity index (χ3n) is 5.39. The third-order valence-corrected chi connectivity index (χ3v) is 5.39. The molecule has 3 heterocycles. The number of hydrogen-bond donors (Lipinski definition) is 0. The van der Waals surface area contributed by atoms with Crippen LogP contribution >= 0.6 is 0 Å². The Morgan fingerprint density at radius 3 is 2.62 bits per heavy atom. The Bertz CT molecular complexity index is 892. The zero-order valence-corrected chi connectivity index (χ0v) is 15.3. The second kappa shape index (κ2) is 7.32. The number of fused-ring (bicyclic) bond motifs is 1. The van der Waals surface area contributed by atoms with Crippen LogP contribution in [0.1, 0.15) is 29.7 Å². The number of carbonyl (C=O) groups excluding carboxylic acids is 1. The molecule has 0 spiro atoms. The van der Waals surface area contributed by atoms with E-state index >= 15 is 0 Å². The Labute approximate surface area is 154 Å². The van der Waals surface area contributed by atoms with Crippen LogP contribution in [0.5, 0.6) is 0 Å². The Morgan fingerprint density at radius 1 is 1.12 bits per heavy atom. The van der Waals surface area contributed by atoms with Crippen LogP contribution in [0.25, 0.3) is 5.65 Å². The molecule has 0 aliphatic carbocycles. The van der Waals surface area contributed by atoms with Crippen LogP contribution in [0, 0.1) is 12.8 Å². The predicted octanol–water partition coefficient (Wildman–Crippen LogP) is 3.67. The summed E-state index contributed by atoms with van der Waals surface area (Å²) in [5, 5.41) is 0. The highest BCUT2D eigenvalue weighted by Crippen LogP contribution is 2.22. The summed E-state index contributed by atoms with van der Waals surface area (Å²) < 4.78 is 2.00. The maximum absolute atomic E-state index is 12.7. The fourth-order valence-corrected chi connectivity index (χ4v) is 3.89. The number of likely N-dealkylation sites (tertiary alicyclic amines) is 1. The molecular weight excluding hydrogens is 322 g/mol. The van der Waals surface area contributed by atoms with Gasteiger partial charge in [0.15, 0.2) is 0 Å². The summed E-state index contributed by atoms with van der Waals surface area (Å²) in [6, 6.07) is 14.7. The van der Waals surface area contributed by atoms with Gasteiger partial charge in [-0.15, -0.1) is 0 Å². The van der Waals surface area contributed by atoms with E-state index in [4.69, 9.17) is 0 Å². The minimum absolute atomic E-state index is 0.198. The van der Waals surface area contributed by atoms with E-state index in [1.54, 1.807) is 0 Å². The maximum atomic E-state index is 12.7. The Morgan fingerprint density at radius 2 is 1.88 bits per heavy atom. The minimum atomic E-state index is 0.198. The highest BCUT2D eigenvalue weighted by atomic mass is 16.2. The number of aryl methyl sites for hydroxylation is 1. The van der Waals surface area contributed by atoms with Crippen molar-refractivity contribution in [2.24, 2.45) is 5.92 Å². The predicted molar refractivity (Wildman–Crippen MR) is 103 cm³/mol. The van der Waals surface area contributed by atoms with E-state index in [1.807, 2.05) is 40.8 Å². The van der Waals surface area contributed by atoms with E-state index in [0.717, 1.165) is 49.3 Å². The number of piperidine rings is 1. The molecule has 1 aliphatic heterocycles. The lowest BCUT2D eigenvalue weighted by atomic mass is 9.90. The van der Waals surface area contributed by atoms with Gasteiger partial charge in [0.05, 0.1) is 12.1 Å². The first-order chi connectivity index (χ1) is 12.7. The first kappa shape index (κ1) is 16.8. The monoisotopic (exact) mass is 347 g/mol. The summed E-state index contributed by atoms with van der Waals surface area (Å²) in [6.45, 7) is 3.77. The maximum Gasteiger partial charge on any atom is 0.228 e. The van der Waals surface area contributed by atoms with Crippen LogP contribution in [0.4, 0.5) is 0 Å². The number of benzene rings is 1. The first-order valence-corrected chi connectivity index (χ1v) is 9.44. The van der Waals surface area contributed by atoms with Gasteiger partial charge in [0.25, 0.3) is 0 Å². The van der Waals surface area contributed by atoms with Crippen molar-refractivity contribution in [3.63, 3.8) is 0 Å². The van der Waals surface area contributed by atoms with Gasteiger partial charge in [-0.3, -0.25) is 4.79 Å². The van der Waals surface area contributed by atoms with Gasteiger partial charge in [-0.25, -0.2) is 4.98 Å². The standard InChI is InChI=1S/C22H25N3O/c1-17-6-5-11-25-16-20(23-22(17)25)15-21(26)24-12-9-19(10-13-24)14-18-7-3-2-4-8-18/h2-8,11,16,19H,9-10,12-15H2,1H3. The van der Waals surface area contributed by atoms with E-state index < -0.39 is 0 Å². The highest BCUT2D eigenvalue weighted by Gasteiger charge is 2.23. The lowest BCUT2D eigenvalue weighted by molar-refractivity contribution is -0.131. The molecule has 1 amide bonds.